The van der Waals surface area contributed by atoms with E-state index in [1.54, 1.807) is 0 Å². The van der Waals surface area contributed by atoms with Gasteiger partial charge in [-0.25, -0.2) is 4.39 Å². The SMILES string of the molecule is CCCN(CCF)C1(CN)CCCC(C)C1. The number of nitrogens with two attached hydrogens (primary N) is 1. The maximum Gasteiger partial charge on any atom is 0.102 e. The largest absolute Gasteiger partial charge is 0.329 e. The average Bonchev–Trinajstić information content (AvgIpc) is 2.28. The smallest absolute Gasteiger partial charge is 0.102 e. The zero-order valence-electron chi connectivity index (χ0n) is 10.8. The lowest BCUT2D eigenvalue weighted by atomic mass is 9.75. The summed E-state index contributed by atoms with van der Waals surface area (Å²) in [6.07, 6.45) is 5.91. The van der Waals surface area contributed by atoms with E-state index in [2.05, 4.69) is 18.7 Å². The molecule has 0 aromatic rings. The summed E-state index contributed by atoms with van der Waals surface area (Å²) >= 11 is 0. The van der Waals surface area contributed by atoms with Gasteiger partial charge in [0.2, 0.25) is 0 Å². The fourth-order valence-corrected chi connectivity index (χ4v) is 3.19. The summed E-state index contributed by atoms with van der Waals surface area (Å²) in [4.78, 5) is 2.31. The van der Waals surface area contributed by atoms with Crippen molar-refractivity contribution in [1.82, 2.24) is 4.90 Å². The zero-order chi connectivity index (χ0) is 12.0. The molecule has 0 aromatic carbocycles. The molecule has 0 radical (unpaired) electrons. The number of rotatable bonds is 6. The molecule has 3 heteroatoms. The van der Waals surface area contributed by atoms with Gasteiger partial charge >= 0.3 is 0 Å². The Hall–Kier alpha value is -0.150. The number of hydrogen-bond donors (Lipinski definition) is 1. The van der Waals surface area contributed by atoms with Gasteiger partial charge in [0.15, 0.2) is 0 Å². The molecule has 0 spiro atoms. The first kappa shape index (κ1) is 13.9. The first-order chi connectivity index (χ1) is 7.68. The Kier molecular flexibility index (Phi) is 5.70. The Morgan fingerprint density at radius 3 is 2.69 bits per heavy atom. The summed E-state index contributed by atoms with van der Waals surface area (Å²) in [5.74, 6) is 0.733. The lowest BCUT2D eigenvalue weighted by molar-refractivity contribution is 0.0344. The van der Waals surface area contributed by atoms with Gasteiger partial charge in [0.25, 0.3) is 0 Å². The topological polar surface area (TPSA) is 29.3 Å². The highest BCUT2D eigenvalue weighted by atomic mass is 19.1. The minimum Gasteiger partial charge on any atom is -0.329 e. The van der Waals surface area contributed by atoms with Gasteiger partial charge in [0.05, 0.1) is 0 Å². The number of alkyl halides is 1. The third-order valence-corrected chi connectivity index (χ3v) is 3.97. The maximum absolute atomic E-state index is 12.6. The molecule has 1 saturated carbocycles. The zero-order valence-corrected chi connectivity index (χ0v) is 10.8. The van der Waals surface area contributed by atoms with Gasteiger partial charge in [-0.05, 0) is 31.7 Å². The lowest BCUT2D eigenvalue weighted by Gasteiger charge is -2.47. The fraction of sp³-hybridized carbons (Fsp3) is 1.00. The van der Waals surface area contributed by atoms with Gasteiger partial charge in [-0.2, -0.15) is 0 Å². The maximum atomic E-state index is 12.6. The van der Waals surface area contributed by atoms with Gasteiger partial charge in [-0.15, -0.1) is 0 Å². The number of halogens is 1. The standard InChI is InChI=1S/C13H27FN2/c1-3-8-16(9-7-14)13(11-15)6-4-5-12(2)10-13/h12H,3-11,15H2,1-2H3. The minimum absolute atomic E-state index is 0.0831. The van der Waals surface area contributed by atoms with Crippen LogP contribution in [0, 0.1) is 5.92 Å². The van der Waals surface area contributed by atoms with E-state index >= 15 is 0 Å². The first-order valence-electron chi connectivity index (χ1n) is 6.69. The number of nitrogens with zero attached hydrogens (tertiary/aromatic N) is 1. The molecule has 1 rings (SSSR count). The van der Waals surface area contributed by atoms with Crippen molar-refractivity contribution >= 4 is 0 Å². The third kappa shape index (κ3) is 3.17. The van der Waals surface area contributed by atoms with Crippen LogP contribution in [-0.4, -0.2) is 36.7 Å². The van der Waals surface area contributed by atoms with Crippen molar-refractivity contribution in [3.8, 4) is 0 Å². The second-order valence-electron chi connectivity index (χ2n) is 5.31. The summed E-state index contributed by atoms with van der Waals surface area (Å²) in [5, 5.41) is 0. The molecule has 96 valence electrons. The second-order valence-corrected chi connectivity index (χ2v) is 5.31. The van der Waals surface area contributed by atoms with Crippen molar-refractivity contribution in [2.24, 2.45) is 11.7 Å². The molecule has 2 N–H and O–H groups in total. The van der Waals surface area contributed by atoms with Crippen molar-refractivity contribution in [2.45, 2.75) is 51.5 Å². The Labute approximate surface area is 99.4 Å². The predicted molar refractivity (Wildman–Crippen MR) is 67.3 cm³/mol. The molecule has 2 atom stereocenters. The normalized spacial score (nSPS) is 30.9. The Balaban J connectivity index is 2.72. The van der Waals surface area contributed by atoms with Crippen LogP contribution >= 0.6 is 0 Å². The first-order valence-corrected chi connectivity index (χ1v) is 6.69. The van der Waals surface area contributed by atoms with Gasteiger partial charge in [0.1, 0.15) is 6.67 Å². The van der Waals surface area contributed by atoms with Crippen LogP contribution < -0.4 is 5.73 Å². The number of hydrogen-bond acceptors (Lipinski definition) is 2. The van der Waals surface area contributed by atoms with E-state index in [1.165, 1.54) is 12.8 Å². The highest BCUT2D eigenvalue weighted by Gasteiger charge is 2.38. The summed E-state index contributed by atoms with van der Waals surface area (Å²) in [7, 11) is 0. The van der Waals surface area contributed by atoms with E-state index in [1.807, 2.05) is 0 Å². The molecule has 1 fully saturated rings. The van der Waals surface area contributed by atoms with E-state index in [0.29, 0.717) is 13.1 Å². The molecule has 2 unspecified atom stereocenters. The molecule has 0 amide bonds. The highest BCUT2D eigenvalue weighted by molar-refractivity contribution is 4.95. The Morgan fingerprint density at radius 2 is 2.19 bits per heavy atom. The van der Waals surface area contributed by atoms with Crippen molar-refractivity contribution in [1.29, 1.82) is 0 Å². The molecule has 0 saturated heterocycles. The molecule has 16 heavy (non-hydrogen) atoms. The van der Waals surface area contributed by atoms with E-state index in [4.69, 9.17) is 5.73 Å². The third-order valence-electron chi connectivity index (χ3n) is 3.97. The summed E-state index contributed by atoms with van der Waals surface area (Å²) < 4.78 is 12.6. The molecular formula is C13H27FN2. The molecule has 1 aliphatic rings. The average molecular weight is 230 g/mol. The summed E-state index contributed by atoms with van der Waals surface area (Å²) in [5.41, 5.74) is 6.08. The molecule has 0 aromatic heterocycles. The van der Waals surface area contributed by atoms with Crippen molar-refractivity contribution in [3.05, 3.63) is 0 Å². The van der Waals surface area contributed by atoms with E-state index in [0.717, 1.165) is 31.7 Å². The van der Waals surface area contributed by atoms with E-state index < -0.39 is 0 Å². The second kappa shape index (κ2) is 6.55. The molecule has 0 heterocycles. The highest BCUT2D eigenvalue weighted by Crippen LogP contribution is 2.36. The van der Waals surface area contributed by atoms with E-state index in [9.17, 15) is 4.39 Å². The lowest BCUT2D eigenvalue weighted by Crippen LogP contribution is -2.57. The van der Waals surface area contributed by atoms with Gasteiger partial charge < -0.3 is 5.73 Å². The van der Waals surface area contributed by atoms with E-state index in [-0.39, 0.29) is 12.2 Å². The quantitative estimate of drug-likeness (QED) is 0.760. The van der Waals surface area contributed by atoms with Crippen LogP contribution in [0.15, 0.2) is 0 Å². The molecular weight excluding hydrogens is 203 g/mol. The predicted octanol–water partition coefficient (Wildman–Crippen LogP) is 2.58. The minimum atomic E-state index is -0.254. The van der Waals surface area contributed by atoms with Gasteiger partial charge in [-0.1, -0.05) is 26.7 Å². The van der Waals surface area contributed by atoms with Crippen LogP contribution in [0.5, 0.6) is 0 Å². The van der Waals surface area contributed by atoms with Crippen molar-refractivity contribution < 1.29 is 4.39 Å². The Bertz CT molecular complexity index is 192. The summed E-state index contributed by atoms with van der Waals surface area (Å²) in [6.45, 7) is 6.41. The van der Waals surface area contributed by atoms with Crippen LogP contribution in [0.3, 0.4) is 0 Å². The van der Waals surface area contributed by atoms with Crippen LogP contribution in [0.1, 0.15) is 46.0 Å². The molecule has 2 nitrogen and oxygen atoms in total. The van der Waals surface area contributed by atoms with Crippen LogP contribution in [0.25, 0.3) is 0 Å². The molecule has 1 aliphatic carbocycles. The van der Waals surface area contributed by atoms with Crippen LogP contribution in [0.2, 0.25) is 0 Å². The van der Waals surface area contributed by atoms with Gasteiger partial charge in [0, 0.05) is 18.6 Å². The van der Waals surface area contributed by atoms with Crippen molar-refractivity contribution in [2.75, 3.05) is 26.3 Å². The Morgan fingerprint density at radius 1 is 1.44 bits per heavy atom. The van der Waals surface area contributed by atoms with Crippen molar-refractivity contribution in [3.63, 3.8) is 0 Å². The fourth-order valence-electron chi connectivity index (χ4n) is 3.19. The van der Waals surface area contributed by atoms with Crippen LogP contribution in [0.4, 0.5) is 4.39 Å². The van der Waals surface area contributed by atoms with Crippen LogP contribution in [-0.2, 0) is 0 Å². The molecule has 0 bridgehead atoms. The monoisotopic (exact) mass is 230 g/mol. The summed E-state index contributed by atoms with van der Waals surface area (Å²) in [6, 6.07) is 0. The van der Waals surface area contributed by atoms with Gasteiger partial charge in [-0.3, -0.25) is 4.90 Å². The molecule has 0 aliphatic heterocycles.